The molecule has 0 aliphatic rings. The van der Waals surface area contributed by atoms with E-state index in [1.54, 1.807) is 19.1 Å². The highest BCUT2D eigenvalue weighted by Crippen LogP contribution is 2.22. The maximum Gasteiger partial charge on any atom is 0.338 e. The van der Waals surface area contributed by atoms with E-state index in [1.165, 1.54) is 19.2 Å². The van der Waals surface area contributed by atoms with Gasteiger partial charge in [-0.2, -0.15) is 0 Å². The monoisotopic (exact) mass is 307 g/mol. The van der Waals surface area contributed by atoms with Crippen molar-refractivity contribution >= 4 is 11.8 Å². The summed E-state index contributed by atoms with van der Waals surface area (Å²) < 4.78 is 9.69. The highest BCUT2D eigenvalue weighted by Gasteiger charge is 2.44. The lowest BCUT2D eigenvalue weighted by Gasteiger charge is -2.26. The van der Waals surface area contributed by atoms with Gasteiger partial charge in [-0.15, -0.1) is 0 Å². The Balaban J connectivity index is 3.15. The van der Waals surface area contributed by atoms with E-state index in [1.807, 2.05) is 0 Å². The molecule has 0 saturated carbocycles. The fourth-order valence-corrected chi connectivity index (χ4v) is 1.77. The Labute approximate surface area is 127 Å². The number of carbonyl (C=O) groups excluding carboxylic acids is 2. The molecule has 1 unspecified atom stereocenters. The van der Waals surface area contributed by atoms with Crippen LogP contribution in [0.5, 0.6) is 5.75 Å². The van der Waals surface area contributed by atoms with Crippen molar-refractivity contribution in [3.05, 3.63) is 40.3 Å². The molecule has 0 aliphatic carbocycles. The zero-order valence-corrected chi connectivity index (χ0v) is 12.5. The van der Waals surface area contributed by atoms with E-state index in [0.29, 0.717) is 5.75 Å². The smallest absolute Gasteiger partial charge is 0.338 e. The summed E-state index contributed by atoms with van der Waals surface area (Å²) in [4.78, 5) is 26.7. The third kappa shape index (κ3) is 3.75. The van der Waals surface area contributed by atoms with Crippen molar-refractivity contribution in [2.75, 3.05) is 13.7 Å². The number of Topliss-reactive ketones (excluding diaryl/α,β-unsaturated/α-hetero) is 1. The topological polar surface area (TPSA) is 122 Å². The first kappa shape index (κ1) is 17.5. The fourth-order valence-electron chi connectivity index (χ4n) is 1.77. The van der Waals surface area contributed by atoms with Gasteiger partial charge in [-0.3, -0.25) is 4.79 Å². The number of hydrogen-bond donors (Lipinski definition) is 1. The van der Waals surface area contributed by atoms with Gasteiger partial charge >= 0.3 is 5.97 Å². The molecule has 0 bridgehead atoms. The number of esters is 1. The summed E-state index contributed by atoms with van der Waals surface area (Å²) >= 11 is 0. The van der Waals surface area contributed by atoms with E-state index in [4.69, 9.17) is 15.0 Å². The number of ketones is 1. The van der Waals surface area contributed by atoms with Crippen LogP contribution in [-0.4, -0.2) is 42.2 Å². The summed E-state index contributed by atoms with van der Waals surface area (Å²) in [5.41, 5.74) is 6.52. The van der Waals surface area contributed by atoms with Crippen molar-refractivity contribution in [1.29, 1.82) is 0 Å². The predicted molar refractivity (Wildman–Crippen MR) is 77.5 cm³/mol. The van der Waals surface area contributed by atoms with Gasteiger partial charge in [0.15, 0.2) is 11.4 Å². The van der Waals surface area contributed by atoms with Gasteiger partial charge in [0, 0.05) is 10.5 Å². The van der Waals surface area contributed by atoms with Crippen LogP contribution in [0.4, 0.5) is 0 Å². The third-order valence-corrected chi connectivity index (χ3v) is 3.01. The van der Waals surface area contributed by atoms with Crippen molar-refractivity contribution < 1.29 is 24.2 Å². The number of methoxy groups -OCH3 is 1. The second kappa shape index (κ2) is 7.44. The van der Waals surface area contributed by atoms with E-state index in [0.717, 1.165) is 6.92 Å². The molecule has 22 heavy (non-hydrogen) atoms. The predicted octanol–water partition coefficient (Wildman–Crippen LogP) is 1.87. The van der Waals surface area contributed by atoms with Crippen molar-refractivity contribution in [3.8, 4) is 5.75 Å². The van der Waals surface area contributed by atoms with Crippen molar-refractivity contribution in [1.82, 2.24) is 0 Å². The SMILES string of the molecule is CCOC(=O)[C@@](C)(O)C(N=[N+]=[N-])C(=O)c1ccc(OC)cc1. The molecule has 118 valence electrons. The first-order valence-electron chi connectivity index (χ1n) is 6.50. The van der Waals surface area contributed by atoms with Crippen LogP contribution in [0.25, 0.3) is 10.4 Å². The maximum atomic E-state index is 12.4. The number of aliphatic hydroxyl groups is 1. The molecule has 8 heteroatoms. The number of carbonyl (C=O) groups is 2. The van der Waals surface area contributed by atoms with Crippen molar-refractivity contribution in [2.24, 2.45) is 5.11 Å². The van der Waals surface area contributed by atoms with Crippen molar-refractivity contribution in [3.63, 3.8) is 0 Å². The molecule has 0 fully saturated rings. The standard InChI is InChI=1S/C14H17N3O5/c1-4-22-13(19)14(2,20)12(16-17-15)11(18)9-5-7-10(21-3)8-6-9/h5-8,12,20H,4H2,1-3H3/t12?,14-/m0/s1. The van der Waals surface area contributed by atoms with Gasteiger partial charge in [0.1, 0.15) is 11.8 Å². The Bertz CT molecular complexity index is 591. The lowest BCUT2D eigenvalue weighted by molar-refractivity contribution is -0.164. The highest BCUT2D eigenvalue weighted by atomic mass is 16.5. The van der Waals surface area contributed by atoms with Gasteiger partial charge in [0.2, 0.25) is 0 Å². The molecule has 1 rings (SSSR count). The molecular formula is C14H17N3O5. The van der Waals surface area contributed by atoms with Gasteiger partial charge < -0.3 is 14.6 Å². The molecule has 1 aromatic carbocycles. The minimum absolute atomic E-state index is 0.0225. The van der Waals surface area contributed by atoms with Crippen LogP contribution in [0.1, 0.15) is 24.2 Å². The lowest BCUT2D eigenvalue weighted by Crippen LogP contribution is -2.50. The van der Waals surface area contributed by atoms with E-state index in [9.17, 15) is 14.7 Å². The minimum atomic E-state index is -2.26. The van der Waals surface area contributed by atoms with Crippen LogP contribution in [-0.2, 0) is 9.53 Å². The highest BCUT2D eigenvalue weighted by molar-refractivity contribution is 6.04. The number of azide groups is 1. The summed E-state index contributed by atoms with van der Waals surface area (Å²) in [5, 5.41) is 13.5. The number of rotatable bonds is 7. The Morgan fingerprint density at radius 3 is 2.45 bits per heavy atom. The van der Waals surface area contributed by atoms with Gasteiger partial charge in [-0.25, -0.2) is 4.79 Å². The van der Waals surface area contributed by atoms with E-state index < -0.39 is 23.4 Å². The minimum Gasteiger partial charge on any atom is -0.497 e. The molecule has 1 N–H and O–H groups in total. The molecule has 8 nitrogen and oxygen atoms in total. The average molecular weight is 307 g/mol. The largest absolute Gasteiger partial charge is 0.497 e. The number of ether oxygens (including phenoxy) is 2. The molecule has 0 amide bonds. The van der Waals surface area contributed by atoms with Gasteiger partial charge in [0.05, 0.1) is 13.7 Å². The van der Waals surface area contributed by atoms with Gasteiger partial charge in [-0.05, 0) is 43.6 Å². The normalized spacial score (nSPS) is 14.2. The van der Waals surface area contributed by atoms with Gasteiger partial charge in [0.25, 0.3) is 0 Å². The molecule has 0 aliphatic heterocycles. The van der Waals surface area contributed by atoms with Crippen LogP contribution < -0.4 is 4.74 Å². The Hall–Kier alpha value is -2.57. The maximum absolute atomic E-state index is 12.4. The Morgan fingerprint density at radius 1 is 1.41 bits per heavy atom. The van der Waals surface area contributed by atoms with Crippen LogP contribution in [0.2, 0.25) is 0 Å². The van der Waals surface area contributed by atoms with Crippen LogP contribution in [0.15, 0.2) is 29.4 Å². The number of benzene rings is 1. The number of hydrogen-bond acceptors (Lipinski definition) is 6. The van der Waals surface area contributed by atoms with E-state index in [-0.39, 0.29) is 12.2 Å². The third-order valence-electron chi connectivity index (χ3n) is 3.01. The van der Waals surface area contributed by atoms with Crippen molar-refractivity contribution in [2.45, 2.75) is 25.5 Å². The Kier molecular flexibility index (Phi) is 5.91. The molecule has 1 aromatic rings. The molecule has 0 saturated heterocycles. The quantitative estimate of drug-likeness (QED) is 0.271. The summed E-state index contributed by atoms with van der Waals surface area (Å²) in [5.74, 6) is -1.19. The molecule has 0 radical (unpaired) electrons. The summed E-state index contributed by atoms with van der Waals surface area (Å²) in [7, 11) is 1.48. The second-order valence-electron chi connectivity index (χ2n) is 4.57. The first-order valence-corrected chi connectivity index (χ1v) is 6.50. The molecule has 0 heterocycles. The van der Waals surface area contributed by atoms with E-state index in [2.05, 4.69) is 10.0 Å². The van der Waals surface area contributed by atoms with Crippen LogP contribution >= 0.6 is 0 Å². The molecule has 2 atom stereocenters. The van der Waals surface area contributed by atoms with Crippen LogP contribution in [0.3, 0.4) is 0 Å². The molecule has 0 spiro atoms. The number of nitrogens with zero attached hydrogens (tertiary/aromatic N) is 3. The van der Waals surface area contributed by atoms with E-state index >= 15 is 0 Å². The summed E-state index contributed by atoms with van der Waals surface area (Å²) in [6, 6.07) is 4.34. The Morgan fingerprint density at radius 2 is 2.00 bits per heavy atom. The fraction of sp³-hybridized carbons (Fsp3) is 0.429. The first-order chi connectivity index (χ1) is 10.4. The van der Waals surface area contributed by atoms with Crippen LogP contribution in [0, 0.1) is 0 Å². The molecular weight excluding hydrogens is 290 g/mol. The molecule has 0 aromatic heterocycles. The zero-order valence-electron chi connectivity index (χ0n) is 12.5. The van der Waals surface area contributed by atoms with Gasteiger partial charge in [-0.1, -0.05) is 5.11 Å². The zero-order chi connectivity index (χ0) is 16.8. The second-order valence-corrected chi connectivity index (χ2v) is 4.57. The average Bonchev–Trinajstić information content (AvgIpc) is 2.52. The summed E-state index contributed by atoms with van der Waals surface area (Å²) in [6.45, 7) is 2.66. The lowest BCUT2D eigenvalue weighted by atomic mass is 9.90. The summed E-state index contributed by atoms with van der Waals surface area (Å²) in [6.07, 6.45) is 0.